The molecule has 0 spiro atoms. The summed E-state index contributed by atoms with van der Waals surface area (Å²) < 4.78 is 18.7. The zero-order chi connectivity index (χ0) is 17.2. The number of fused-ring (bicyclic) bond motifs is 1. The second-order valence-corrected chi connectivity index (χ2v) is 6.38. The van der Waals surface area contributed by atoms with E-state index in [2.05, 4.69) is 27.7 Å². The molecule has 0 bridgehead atoms. The molecule has 0 atom stereocenters. The molecule has 0 unspecified atom stereocenters. The van der Waals surface area contributed by atoms with Crippen LogP contribution in [0.25, 0.3) is 0 Å². The topological polar surface area (TPSA) is 53.6 Å². The molecule has 0 radical (unpaired) electrons. The van der Waals surface area contributed by atoms with Crippen molar-refractivity contribution in [3.05, 3.63) is 42.5 Å². The Morgan fingerprint density at radius 3 is 2.56 bits per heavy atom. The molecule has 2 heterocycles. The fourth-order valence-electron chi connectivity index (χ4n) is 3.18. The maximum atomic E-state index is 13.3. The van der Waals surface area contributed by atoms with E-state index in [4.69, 9.17) is 4.74 Å². The van der Waals surface area contributed by atoms with E-state index in [9.17, 15) is 9.18 Å². The molecule has 6 heteroatoms. The van der Waals surface area contributed by atoms with Gasteiger partial charge < -0.3 is 20.3 Å². The number of amides is 1. The summed E-state index contributed by atoms with van der Waals surface area (Å²) in [6, 6.07) is 13.7. The van der Waals surface area contributed by atoms with Crippen molar-refractivity contribution in [2.45, 2.75) is 19.0 Å². The zero-order valence-electron chi connectivity index (χ0n) is 13.8. The molecule has 25 heavy (non-hydrogen) atoms. The maximum absolute atomic E-state index is 13.3. The van der Waals surface area contributed by atoms with Gasteiger partial charge in [0, 0.05) is 36.2 Å². The number of carbonyl (C=O) groups is 1. The standard InChI is InChI=1S/C19H20FN3O2/c20-13-7-9-23(10-8-13)16-4-1-14(2-5-16)21-15-3-6-17-18(11-15)25-12-19(24)22-17/h1-6,11,13,21H,7-10,12H2,(H,22,24). The number of halogens is 1. The Bertz CT molecular complexity index is 771. The molecule has 0 aliphatic carbocycles. The van der Waals surface area contributed by atoms with Gasteiger partial charge in [-0.05, 0) is 49.2 Å². The van der Waals surface area contributed by atoms with E-state index in [0.717, 1.165) is 30.2 Å². The average molecular weight is 341 g/mol. The third-order valence-electron chi connectivity index (χ3n) is 4.56. The lowest BCUT2D eigenvalue weighted by Gasteiger charge is -2.30. The molecular formula is C19H20FN3O2. The largest absolute Gasteiger partial charge is 0.482 e. The Morgan fingerprint density at radius 1 is 1.08 bits per heavy atom. The number of benzene rings is 2. The van der Waals surface area contributed by atoms with Crippen molar-refractivity contribution in [3.8, 4) is 5.75 Å². The molecule has 2 aliphatic rings. The first-order valence-electron chi connectivity index (χ1n) is 8.50. The van der Waals surface area contributed by atoms with Gasteiger partial charge in [0.05, 0.1) is 5.69 Å². The van der Waals surface area contributed by atoms with Crippen LogP contribution in [0, 0.1) is 0 Å². The minimum atomic E-state index is -0.659. The molecule has 0 aromatic heterocycles. The summed E-state index contributed by atoms with van der Waals surface area (Å²) in [5, 5.41) is 6.11. The minimum Gasteiger partial charge on any atom is -0.482 e. The van der Waals surface area contributed by atoms with Gasteiger partial charge >= 0.3 is 0 Å². The molecule has 1 amide bonds. The molecule has 1 fully saturated rings. The highest BCUT2D eigenvalue weighted by Crippen LogP contribution is 2.32. The number of anilines is 4. The number of piperidine rings is 1. The summed E-state index contributed by atoms with van der Waals surface area (Å²) in [5.41, 5.74) is 3.66. The van der Waals surface area contributed by atoms with E-state index in [-0.39, 0.29) is 12.5 Å². The van der Waals surface area contributed by atoms with E-state index in [0.29, 0.717) is 24.3 Å². The van der Waals surface area contributed by atoms with Gasteiger partial charge in [0.1, 0.15) is 11.9 Å². The molecule has 5 nitrogen and oxygen atoms in total. The predicted molar refractivity (Wildman–Crippen MR) is 96.6 cm³/mol. The lowest BCUT2D eigenvalue weighted by Crippen LogP contribution is -2.34. The van der Waals surface area contributed by atoms with E-state index in [1.54, 1.807) is 0 Å². The van der Waals surface area contributed by atoms with Gasteiger partial charge in [-0.3, -0.25) is 4.79 Å². The van der Waals surface area contributed by atoms with Gasteiger partial charge in [0.2, 0.25) is 0 Å². The fourth-order valence-corrected chi connectivity index (χ4v) is 3.18. The fraction of sp³-hybridized carbons (Fsp3) is 0.316. The summed E-state index contributed by atoms with van der Waals surface area (Å²) in [4.78, 5) is 13.5. The average Bonchev–Trinajstić information content (AvgIpc) is 2.63. The number of rotatable bonds is 3. The quantitative estimate of drug-likeness (QED) is 0.894. The molecular weight excluding hydrogens is 321 g/mol. The third kappa shape index (κ3) is 3.52. The Kier molecular flexibility index (Phi) is 4.17. The van der Waals surface area contributed by atoms with Crippen molar-refractivity contribution in [2.24, 2.45) is 0 Å². The van der Waals surface area contributed by atoms with E-state index in [1.165, 1.54) is 0 Å². The van der Waals surface area contributed by atoms with Crippen LogP contribution in [0.15, 0.2) is 42.5 Å². The van der Waals surface area contributed by atoms with Gasteiger partial charge in [0.25, 0.3) is 5.91 Å². The van der Waals surface area contributed by atoms with Gasteiger partial charge in [-0.2, -0.15) is 0 Å². The van der Waals surface area contributed by atoms with Crippen molar-refractivity contribution in [1.29, 1.82) is 0 Å². The van der Waals surface area contributed by atoms with Gasteiger partial charge in [0.15, 0.2) is 6.61 Å². The summed E-state index contributed by atoms with van der Waals surface area (Å²) in [7, 11) is 0. The minimum absolute atomic E-state index is 0.0424. The summed E-state index contributed by atoms with van der Waals surface area (Å²) >= 11 is 0. The third-order valence-corrected chi connectivity index (χ3v) is 4.56. The number of hydrogen-bond acceptors (Lipinski definition) is 4. The second kappa shape index (κ2) is 6.63. The Balaban J connectivity index is 1.44. The lowest BCUT2D eigenvalue weighted by atomic mass is 10.1. The van der Waals surface area contributed by atoms with Crippen LogP contribution in [0.5, 0.6) is 5.75 Å². The van der Waals surface area contributed by atoms with Crippen LogP contribution in [0.3, 0.4) is 0 Å². The Labute approximate surface area is 145 Å². The SMILES string of the molecule is O=C1COc2cc(Nc3ccc(N4CCC(F)CC4)cc3)ccc2N1. The van der Waals surface area contributed by atoms with Gasteiger partial charge in [-0.1, -0.05) is 0 Å². The molecule has 130 valence electrons. The van der Waals surface area contributed by atoms with Crippen LogP contribution < -0.4 is 20.3 Å². The van der Waals surface area contributed by atoms with Crippen molar-refractivity contribution in [1.82, 2.24) is 0 Å². The van der Waals surface area contributed by atoms with Crippen LogP contribution in [-0.2, 0) is 4.79 Å². The molecule has 4 rings (SSSR count). The number of alkyl halides is 1. The Morgan fingerprint density at radius 2 is 1.80 bits per heavy atom. The molecule has 2 N–H and O–H groups in total. The van der Waals surface area contributed by atoms with E-state index in [1.807, 2.05) is 30.3 Å². The molecule has 1 saturated heterocycles. The summed E-state index contributed by atoms with van der Waals surface area (Å²) in [5.74, 6) is 0.524. The normalized spacial score (nSPS) is 17.5. The molecule has 0 saturated carbocycles. The summed E-state index contributed by atoms with van der Waals surface area (Å²) in [6.07, 6.45) is 0.547. The predicted octanol–water partition coefficient (Wildman–Crippen LogP) is 3.70. The summed E-state index contributed by atoms with van der Waals surface area (Å²) in [6.45, 7) is 1.57. The Hall–Kier alpha value is -2.76. The molecule has 2 aromatic carbocycles. The van der Waals surface area contributed by atoms with Gasteiger partial charge in [-0.15, -0.1) is 0 Å². The zero-order valence-corrected chi connectivity index (χ0v) is 13.8. The first-order valence-corrected chi connectivity index (χ1v) is 8.50. The number of nitrogens with zero attached hydrogens (tertiary/aromatic N) is 1. The highest BCUT2D eigenvalue weighted by Gasteiger charge is 2.18. The highest BCUT2D eigenvalue weighted by molar-refractivity contribution is 5.95. The maximum Gasteiger partial charge on any atom is 0.262 e. The van der Waals surface area contributed by atoms with E-state index < -0.39 is 6.17 Å². The molecule has 2 aliphatic heterocycles. The second-order valence-electron chi connectivity index (χ2n) is 6.38. The van der Waals surface area contributed by atoms with Crippen molar-refractivity contribution in [3.63, 3.8) is 0 Å². The van der Waals surface area contributed by atoms with Crippen molar-refractivity contribution >= 4 is 28.7 Å². The van der Waals surface area contributed by atoms with Crippen LogP contribution in [0.1, 0.15) is 12.8 Å². The number of nitrogens with one attached hydrogen (secondary N) is 2. The number of hydrogen-bond donors (Lipinski definition) is 2. The molecule has 2 aromatic rings. The number of carbonyl (C=O) groups excluding carboxylic acids is 1. The van der Waals surface area contributed by atoms with Crippen LogP contribution in [0.2, 0.25) is 0 Å². The van der Waals surface area contributed by atoms with E-state index >= 15 is 0 Å². The van der Waals surface area contributed by atoms with Crippen LogP contribution in [-0.4, -0.2) is 31.8 Å². The van der Waals surface area contributed by atoms with Crippen molar-refractivity contribution in [2.75, 3.05) is 35.2 Å². The monoisotopic (exact) mass is 341 g/mol. The van der Waals surface area contributed by atoms with Gasteiger partial charge in [-0.25, -0.2) is 4.39 Å². The van der Waals surface area contributed by atoms with Crippen LogP contribution in [0.4, 0.5) is 27.1 Å². The first-order chi connectivity index (χ1) is 12.2. The smallest absolute Gasteiger partial charge is 0.262 e. The van der Waals surface area contributed by atoms with Crippen LogP contribution >= 0.6 is 0 Å². The lowest BCUT2D eigenvalue weighted by molar-refractivity contribution is -0.118. The van der Waals surface area contributed by atoms with Crippen molar-refractivity contribution < 1.29 is 13.9 Å². The number of ether oxygens (including phenoxy) is 1. The first kappa shape index (κ1) is 15.7. The highest BCUT2D eigenvalue weighted by atomic mass is 19.1.